The number of hydrogen-bond donors (Lipinski definition) is 2. The highest BCUT2D eigenvalue weighted by Gasteiger charge is 2.30. The summed E-state index contributed by atoms with van der Waals surface area (Å²) >= 11 is 0. The van der Waals surface area contributed by atoms with Crippen molar-refractivity contribution in [3.8, 4) is 5.75 Å². The number of nitrogens with one attached hydrogen (secondary N) is 1. The molecular weight excluding hydrogens is 242 g/mol. The predicted molar refractivity (Wildman–Crippen MR) is 75.3 cm³/mol. The zero-order chi connectivity index (χ0) is 14.5. The van der Waals surface area contributed by atoms with Gasteiger partial charge in [0.1, 0.15) is 5.75 Å². The number of aliphatic hydroxyl groups is 1. The largest absolute Gasteiger partial charge is 0.497 e. The summed E-state index contributed by atoms with van der Waals surface area (Å²) in [6.45, 7) is 5.73. The number of methoxy groups -OCH3 is 1. The third-order valence-electron chi connectivity index (χ3n) is 3.32. The van der Waals surface area contributed by atoms with Crippen LogP contribution in [-0.4, -0.2) is 30.8 Å². The molecule has 0 aliphatic rings. The van der Waals surface area contributed by atoms with Crippen LogP contribution in [0.2, 0.25) is 0 Å². The van der Waals surface area contributed by atoms with Crippen molar-refractivity contribution in [3.05, 3.63) is 29.8 Å². The quantitative estimate of drug-likeness (QED) is 0.825. The molecule has 1 aromatic rings. The first-order chi connectivity index (χ1) is 8.91. The van der Waals surface area contributed by atoms with Crippen LogP contribution in [-0.2, 0) is 10.2 Å². The van der Waals surface area contributed by atoms with Crippen LogP contribution in [0.15, 0.2) is 24.3 Å². The third-order valence-corrected chi connectivity index (χ3v) is 3.32. The number of carbonyl (C=O) groups excluding carboxylic acids is 1. The van der Waals surface area contributed by atoms with Gasteiger partial charge in [0.05, 0.1) is 12.5 Å². The molecule has 19 heavy (non-hydrogen) atoms. The average molecular weight is 265 g/mol. The Morgan fingerprint density at radius 3 is 2.42 bits per heavy atom. The van der Waals surface area contributed by atoms with E-state index in [2.05, 4.69) is 5.32 Å². The van der Waals surface area contributed by atoms with Gasteiger partial charge in [-0.25, -0.2) is 0 Å². The molecule has 1 amide bonds. The first-order valence-electron chi connectivity index (χ1n) is 6.48. The highest BCUT2D eigenvalue weighted by atomic mass is 16.5. The predicted octanol–water partition coefficient (Wildman–Crippen LogP) is 1.86. The topological polar surface area (TPSA) is 58.6 Å². The molecule has 0 fully saturated rings. The fourth-order valence-corrected chi connectivity index (χ4v) is 1.81. The first kappa shape index (κ1) is 15.5. The van der Waals surface area contributed by atoms with E-state index in [-0.39, 0.29) is 18.6 Å². The molecule has 0 spiro atoms. The van der Waals surface area contributed by atoms with Crippen molar-refractivity contribution in [2.75, 3.05) is 13.7 Å². The highest BCUT2D eigenvalue weighted by Crippen LogP contribution is 2.25. The maximum atomic E-state index is 12.3. The number of ether oxygens (including phenoxy) is 1. The van der Waals surface area contributed by atoms with E-state index >= 15 is 0 Å². The lowest BCUT2D eigenvalue weighted by Gasteiger charge is -2.26. The van der Waals surface area contributed by atoms with Crippen molar-refractivity contribution in [3.63, 3.8) is 0 Å². The van der Waals surface area contributed by atoms with E-state index < -0.39 is 5.41 Å². The first-order valence-corrected chi connectivity index (χ1v) is 6.48. The zero-order valence-corrected chi connectivity index (χ0v) is 12.1. The van der Waals surface area contributed by atoms with Crippen LogP contribution < -0.4 is 10.1 Å². The number of rotatable bonds is 6. The van der Waals surface area contributed by atoms with Crippen LogP contribution in [0, 0.1) is 0 Å². The molecule has 106 valence electrons. The molecule has 0 aromatic heterocycles. The molecule has 0 saturated carbocycles. The van der Waals surface area contributed by atoms with Crippen LogP contribution in [0.5, 0.6) is 5.75 Å². The minimum absolute atomic E-state index is 0.0324. The zero-order valence-electron chi connectivity index (χ0n) is 12.1. The lowest BCUT2D eigenvalue weighted by molar-refractivity contribution is -0.126. The molecule has 0 bridgehead atoms. The van der Waals surface area contributed by atoms with Crippen LogP contribution in [0.25, 0.3) is 0 Å². The van der Waals surface area contributed by atoms with Crippen LogP contribution in [0.4, 0.5) is 0 Å². The van der Waals surface area contributed by atoms with Gasteiger partial charge in [0.15, 0.2) is 0 Å². The average Bonchev–Trinajstić information content (AvgIpc) is 2.39. The fourth-order valence-electron chi connectivity index (χ4n) is 1.81. The lowest BCUT2D eigenvalue weighted by atomic mass is 9.83. The Bertz CT molecular complexity index is 412. The summed E-state index contributed by atoms with van der Waals surface area (Å²) in [5.41, 5.74) is 0.317. The normalized spacial score (nSPS) is 12.9. The van der Waals surface area contributed by atoms with Gasteiger partial charge < -0.3 is 15.2 Å². The summed E-state index contributed by atoms with van der Waals surface area (Å²) in [4.78, 5) is 12.3. The summed E-state index contributed by atoms with van der Waals surface area (Å²) in [7, 11) is 1.61. The number of hydrogen-bond acceptors (Lipinski definition) is 3. The summed E-state index contributed by atoms with van der Waals surface area (Å²) in [5.74, 6) is 0.729. The van der Waals surface area contributed by atoms with E-state index in [0.29, 0.717) is 6.42 Å². The molecule has 1 atom stereocenters. The van der Waals surface area contributed by atoms with E-state index in [1.807, 2.05) is 45.0 Å². The SMILES string of the molecule is COc1ccc(C(C)(C)C(=O)NC(C)CCO)cc1. The summed E-state index contributed by atoms with van der Waals surface area (Å²) in [6.07, 6.45) is 0.560. The Morgan fingerprint density at radius 2 is 1.95 bits per heavy atom. The molecule has 0 aliphatic carbocycles. The van der Waals surface area contributed by atoms with Gasteiger partial charge in [-0.05, 0) is 44.9 Å². The van der Waals surface area contributed by atoms with Gasteiger partial charge in [-0.15, -0.1) is 0 Å². The monoisotopic (exact) mass is 265 g/mol. The van der Waals surface area contributed by atoms with Crippen molar-refractivity contribution in [2.45, 2.75) is 38.6 Å². The number of amides is 1. The maximum Gasteiger partial charge on any atom is 0.230 e. The summed E-state index contributed by atoms with van der Waals surface area (Å²) in [6, 6.07) is 7.46. The van der Waals surface area contributed by atoms with Crippen molar-refractivity contribution >= 4 is 5.91 Å². The molecule has 1 rings (SSSR count). The minimum atomic E-state index is -0.615. The van der Waals surface area contributed by atoms with Gasteiger partial charge in [-0.1, -0.05) is 12.1 Å². The molecule has 0 aliphatic heterocycles. The second-order valence-electron chi connectivity index (χ2n) is 5.24. The number of aliphatic hydroxyl groups excluding tert-OH is 1. The number of carbonyl (C=O) groups is 1. The minimum Gasteiger partial charge on any atom is -0.497 e. The summed E-state index contributed by atoms with van der Waals surface area (Å²) < 4.78 is 5.11. The lowest BCUT2D eigenvalue weighted by Crippen LogP contribution is -2.44. The molecule has 1 unspecified atom stereocenters. The highest BCUT2D eigenvalue weighted by molar-refractivity contribution is 5.87. The van der Waals surface area contributed by atoms with Crippen molar-refractivity contribution in [1.29, 1.82) is 0 Å². The molecule has 0 saturated heterocycles. The van der Waals surface area contributed by atoms with E-state index in [1.165, 1.54) is 0 Å². The van der Waals surface area contributed by atoms with Gasteiger partial charge in [-0.2, -0.15) is 0 Å². The second kappa shape index (κ2) is 6.57. The second-order valence-corrected chi connectivity index (χ2v) is 5.24. The molecule has 4 heteroatoms. The molecule has 4 nitrogen and oxygen atoms in total. The smallest absolute Gasteiger partial charge is 0.230 e. The Hall–Kier alpha value is -1.55. The Labute approximate surface area is 114 Å². The molecule has 0 radical (unpaired) electrons. The maximum absolute atomic E-state index is 12.3. The standard InChI is InChI=1S/C15H23NO3/c1-11(9-10-17)16-14(18)15(2,3)12-5-7-13(19-4)8-6-12/h5-8,11,17H,9-10H2,1-4H3,(H,16,18). The van der Waals surface area contributed by atoms with Crippen LogP contribution in [0.1, 0.15) is 32.8 Å². The number of benzene rings is 1. The van der Waals surface area contributed by atoms with Gasteiger partial charge in [-0.3, -0.25) is 4.79 Å². The van der Waals surface area contributed by atoms with Gasteiger partial charge in [0, 0.05) is 12.6 Å². The van der Waals surface area contributed by atoms with Gasteiger partial charge in [0.2, 0.25) is 5.91 Å². The molecule has 2 N–H and O–H groups in total. The van der Waals surface area contributed by atoms with Crippen molar-refractivity contribution < 1.29 is 14.6 Å². The van der Waals surface area contributed by atoms with Crippen LogP contribution >= 0.6 is 0 Å². The van der Waals surface area contributed by atoms with Gasteiger partial charge >= 0.3 is 0 Å². The van der Waals surface area contributed by atoms with E-state index in [9.17, 15) is 4.79 Å². The Kier molecular flexibility index (Phi) is 5.36. The van der Waals surface area contributed by atoms with E-state index in [4.69, 9.17) is 9.84 Å². The van der Waals surface area contributed by atoms with Crippen LogP contribution in [0.3, 0.4) is 0 Å². The van der Waals surface area contributed by atoms with Crippen molar-refractivity contribution in [2.24, 2.45) is 0 Å². The van der Waals surface area contributed by atoms with E-state index in [1.54, 1.807) is 7.11 Å². The van der Waals surface area contributed by atoms with Gasteiger partial charge in [0.25, 0.3) is 0 Å². The molecular formula is C15H23NO3. The van der Waals surface area contributed by atoms with Crippen molar-refractivity contribution in [1.82, 2.24) is 5.32 Å². The third kappa shape index (κ3) is 3.96. The molecule has 1 aromatic carbocycles. The summed E-state index contributed by atoms with van der Waals surface area (Å²) in [5, 5.41) is 11.8. The Morgan fingerprint density at radius 1 is 1.37 bits per heavy atom. The fraction of sp³-hybridized carbons (Fsp3) is 0.533. The molecule has 0 heterocycles. The Balaban J connectivity index is 2.80. The van der Waals surface area contributed by atoms with E-state index in [0.717, 1.165) is 11.3 Å².